The summed E-state index contributed by atoms with van der Waals surface area (Å²) in [7, 11) is -3.01. The lowest BCUT2D eigenvalue weighted by atomic mass is 10.2. The third-order valence-corrected chi connectivity index (χ3v) is 5.11. The lowest BCUT2D eigenvalue weighted by Gasteiger charge is -2.11. The van der Waals surface area contributed by atoms with Crippen LogP contribution in [0.4, 0.5) is 0 Å². The zero-order valence-electron chi connectivity index (χ0n) is 11.1. The Morgan fingerprint density at radius 2 is 2.24 bits per heavy atom. The number of aromatic nitrogens is 3. The van der Waals surface area contributed by atoms with E-state index in [0.717, 1.165) is 0 Å². The van der Waals surface area contributed by atoms with Crippen LogP contribution in [-0.2, 0) is 9.84 Å². The van der Waals surface area contributed by atoms with E-state index in [1.807, 2.05) is 0 Å². The van der Waals surface area contributed by atoms with Gasteiger partial charge in [0.25, 0.3) is 5.91 Å². The van der Waals surface area contributed by atoms with Crippen molar-refractivity contribution in [2.45, 2.75) is 12.5 Å². The van der Waals surface area contributed by atoms with E-state index in [0.29, 0.717) is 17.8 Å². The van der Waals surface area contributed by atoms with Gasteiger partial charge in [-0.15, -0.1) is 0 Å². The Morgan fingerprint density at radius 3 is 2.90 bits per heavy atom. The maximum atomic E-state index is 12.2. The maximum absolute atomic E-state index is 12.2. The fourth-order valence-corrected chi connectivity index (χ4v) is 3.95. The highest BCUT2D eigenvalue weighted by Crippen LogP contribution is 2.13. The number of carbonyl (C=O) groups excluding carboxylic acids is 1. The molecule has 21 heavy (non-hydrogen) atoms. The fourth-order valence-electron chi connectivity index (χ4n) is 2.27. The second-order valence-electron chi connectivity index (χ2n) is 4.95. The first kappa shape index (κ1) is 13.7. The van der Waals surface area contributed by atoms with Gasteiger partial charge >= 0.3 is 0 Å². The van der Waals surface area contributed by atoms with Crippen LogP contribution in [0.15, 0.2) is 37.1 Å². The molecule has 2 aromatic rings. The van der Waals surface area contributed by atoms with Crippen LogP contribution in [0.3, 0.4) is 0 Å². The van der Waals surface area contributed by atoms with Gasteiger partial charge in [-0.05, 0) is 18.6 Å². The molecule has 0 aromatic carbocycles. The highest BCUT2D eigenvalue weighted by molar-refractivity contribution is 7.91. The van der Waals surface area contributed by atoms with Crippen LogP contribution in [0, 0.1) is 0 Å². The Bertz CT molecular complexity index is 755. The van der Waals surface area contributed by atoms with Crippen molar-refractivity contribution in [2.75, 3.05) is 11.5 Å². The first-order valence-corrected chi connectivity index (χ1v) is 8.31. The number of imidazole rings is 1. The van der Waals surface area contributed by atoms with E-state index in [1.165, 1.54) is 6.20 Å². The quantitative estimate of drug-likeness (QED) is 0.873. The van der Waals surface area contributed by atoms with Crippen molar-refractivity contribution in [1.82, 2.24) is 19.9 Å². The second-order valence-corrected chi connectivity index (χ2v) is 7.17. The summed E-state index contributed by atoms with van der Waals surface area (Å²) in [6, 6.07) is 2.92. The monoisotopic (exact) mass is 306 g/mol. The van der Waals surface area contributed by atoms with E-state index < -0.39 is 9.84 Å². The summed E-state index contributed by atoms with van der Waals surface area (Å²) in [5.74, 6) is 0.437. The predicted octanol–water partition coefficient (Wildman–Crippen LogP) is 0.184. The number of rotatable bonds is 3. The summed E-state index contributed by atoms with van der Waals surface area (Å²) in [5, 5.41) is 2.75. The maximum Gasteiger partial charge on any atom is 0.251 e. The molecule has 1 amide bonds. The van der Waals surface area contributed by atoms with Crippen molar-refractivity contribution in [3.8, 4) is 5.82 Å². The minimum absolute atomic E-state index is 0.0121. The summed E-state index contributed by atoms with van der Waals surface area (Å²) < 4.78 is 24.5. The predicted molar refractivity (Wildman–Crippen MR) is 75.9 cm³/mol. The number of nitrogens with zero attached hydrogens (tertiary/aromatic N) is 3. The van der Waals surface area contributed by atoms with Crippen LogP contribution in [0.25, 0.3) is 5.82 Å². The smallest absolute Gasteiger partial charge is 0.251 e. The number of sulfone groups is 1. The first-order valence-electron chi connectivity index (χ1n) is 6.49. The van der Waals surface area contributed by atoms with E-state index in [-0.39, 0.29) is 23.5 Å². The fraction of sp³-hybridized carbons (Fsp3) is 0.308. The molecule has 0 spiro atoms. The minimum atomic E-state index is -3.01. The van der Waals surface area contributed by atoms with E-state index in [2.05, 4.69) is 15.3 Å². The van der Waals surface area contributed by atoms with Gasteiger partial charge in [0.2, 0.25) is 0 Å². The normalized spacial score (nSPS) is 20.3. The largest absolute Gasteiger partial charge is 0.348 e. The summed E-state index contributed by atoms with van der Waals surface area (Å²) in [4.78, 5) is 20.3. The van der Waals surface area contributed by atoms with Crippen molar-refractivity contribution < 1.29 is 13.2 Å². The number of hydrogen-bond acceptors (Lipinski definition) is 5. The minimum Gasteiger partial charge on any atom is -0.348 e. The van der Waals surface area contributed by atoms with Crippen molar-refractivity contribution in [2.24, 2.45) is 0 Å². The molecule has 1 atom stereocenters. The third-order valence-electron chi connectivity index (χ3n) is 3.34. The van der Waals surface area contributed by atoms with Crippen LogP contribution in [0.5, 0.6) is 0 Å². The van der Waals surface area contributed by atoms with Crippen LogP contribution in [0.2, 0.25) is 0 Å². The van der Waals surface area contributed by atoms with Gasteiger partial charge in [-0.25, -0.2) is 18.4 Å². The molecule has 1 aliphatic heterocycles. The number of carbonyl (C=O) groups is 1. The molecule has 0 radical (unpaired) electrons. The van der Waals surface area contributed by atoms with E-state index in [9.17, 15) is 13.2 Å². The van der Waals surface area contributed by atoms with Crippen LogP contribution in [0.1, 0.15) is 16.8 Å². The summed E-state index contributed by atoms with van der Waals surface area (Å²) in [6.45, 7) is 0. The zero-order chi connectivity index (χ0) is 14.9. The summed E-state index contributed by atoms with van der Waals surface area (Å²) in [5.41, 5.74) is 0.443. The second kappa shape index (κ2) is 5.28. The Labute approximate surface area is 122 Å². The Balaban J connectivity index is 1.75. The highest BCUT2D eigenvalue weighted by Gasteiger charge is 2.29. The molecule has 8 heteroatoms. The van der Waals surface area contributed by atoms with Gasteiger partial charge in [0.05, 0.1) is 11.5 Å². The topological polar surface area (TPSA) is 94.0 Å². The molecule has 110 valence electrons. The molecule has 7 nitrogen and oxygen atoms in total. The molecule has 3 rings (SSSR count). The Morgan fingerprint density at radius 1 is 1.38 bits per heavy atom. The van der Waals surface area contributed by atoms with Crippen molar-refractivity contribution >= 4 is 15.7 Å². The van der Waals surface area contributed by atoms with Gasteiger partial charge in [-0.3, -0.25) is 9.36 Å². The average Bonchev–Trinajstić information content (AvgIpc) is 3.09. The van der Waals surface area contributed by atoms with Crippen LogP contribution in [-0.4, -0.2) is 46.4 Å². The van der Waals surface area contributed by atoms with Gasteiger partial charge in [0.15, 0.2) is 9.84 Å². The van der Waals surface area contributed by atoms with Gasteiger partial charge in [-0.2, -0.15) is 0 Å². The van der Waals surface area contributed by atoms with E-state index in [1.54, 1.807) is 35.4 Å². The number of nitrogens with one attached hydrogen (secondary N) is 1. The van der Waals surface area contributed by atoms with E-state index >= 15 is 0 Å². The molecular weight excluding hydrogens is 292 g/mol. The molecular formula is C13H14N4O3S. The van der Waals surface area contributed by atoms with E-state index in [4.69, 9.17) is 0 Å². The molecule has 3 heterocycles. The lowest BCUT2D eigenvalue weighted by molar-refractivity contribution is 0.0941. The van der Waals surface area contributed by atoms with Gasteiger partial charge in [-0.1, -0.05) is 0 Å². The molecule has 1 N–H and O–H groups in total. The Kier molecular flexibility index (Phi) is 3.46. The van der Waals surface area contributed by atoms with Crippen LogP contribution < -0.4 is 5.32 Å². The zero-order valence-corrected chi connectivity index (χ0v) is 12.0. The van der Waals surface area contributed by atoms with Crippen molar-refractivity contribution in [1.29, 1.82) is 0 Å². The number of pyridine rings is 1. The highest BCUT2D eigenvalue weighted by atomic mass is 32.2. The molecule has 0 saturated carbocycles. The summed E-state index contributed by atoms with van der Waals surface area (Å²) in [6.07, 6.45) is 6.95. The van der Waals surface area contributed by atoms with Gasteiger partial charge < -0.3 is 5.32 Å². The number of hydrogen-bond donors (Lipinski definition) is 1. The Hall–Kier alpha value is -2.22. The first-order chi connectivity index (χ1) is 10.0. The summed E-state index contributed by atoms with van der Waals surface area (Å²) >= 11 is 0. The standard InChI is InChI=1S/C13H14N4O3S/c18-13(16-11-2-6-21(19,20)8-11)10-1-3-15-12(7-10)17-5-4-14-9-17/h1,3-5,7,9,11H,2,6,8H2,(H,16,18)/t11-/m1/s1. The SMILES string of the molecule is O=C(N[C@@H]1CCS(=O)(=O)C1)c1ccnc(-n2ccnc2)c1. The molecule has 0 unspecified atom stereocenters. The molecule has 2 aromatic heterocycles. The molecule has 1 fully saturated rings. The average molecular weight is 306 g/mol. The molecule has 0 aliphatic carbocycles. The molecule has 0 bridgehead atoms. The third kappa shape index (κ3) is 3.10. The lowest BCUT2D eigenvalue weighted by Crippen LogP contribution is -2.35. The van der Waals surface area contributed by atoms with Crippen LogP contribution >= 0.6 is 0 Å². The van der Waals surface area contributed by atoms with Gasteiger partial charge in [0, 0.05) is 30.2 Å². The van der Waals surface area contributed by atoms with Crippen molar-refractivity contribution in [3.05, 3.63) is 42.6 Å². The van der Waals surface area contributed by atoms with Gasteiger partial charge in [0.1, 0.15) is 12.1 Å². The van der Waals surface area contributed by atoms with Crippen molar-refractivity contribution in [3.63, 3.8) is 0 Å². The molecule has 1 aliphatic rings. The molecule has 1 saturated heterocycles. The number of amides is 1.